The smallest absolute Gasteiger partial charge is 0.193 e. The van der Waals surface area contributed by atoms with Crippen molar-refractivity contribution in [2.45, 2.75) is 0 Å². The normalized spacial score (nSPS) is 16.1. The first-order valence-electron chi connectivity index (χ1n) is 4.68. The van der Waals surface area contributed by atoms with Gasteiger partial charge in [0.15, 0.2) is 11.6 Å². The van der Waals surface area contributed by atoms with Gasteiger partial charge in [-0.05, 0) is 0 Å². The van der Waals surface area contributed by atoms with Gasteiger partial charge in [-0.2, -0.15) is 0 Å². The fraction of sp³-hybridized carbons (Fsp3) is 0.400. The van der Waals surface area contributed by atoms with Gasteiger partial charge in [0, 0.05) is 23.7 Å². The predicted octanol–water partition coefficient (Wildman–Crippen LogP) is 0.357. The molecule has 0 aliphatic heterocycles. The van der Waals surface area contributed by atoms with Crippen molar-refractivity contribution in [3.05, 3.63) is 22.0 Å². The summed E-state index contributed by atoms with van der Waals surface area (Å²) in [6.07, 6.45) is 2.59. The molecule has 1 aliphatic carbocycles. The first-order chi connectivity index (χ1) is 7.69. The van der Waals surface area contributed by atoms with Crippen molar-refractivity contribution in [1.82, 2.24) is 0 Å². The first kappa shape index (κ1) is 13.5. The molecular weight excluding hydrogens is 248 g/mol. The van der Waals surface area contributed by atoms with Gasteiger partial charge >= 0.3 is 0 Å². The average Bonchev–Trinajstić information content (AvgIpc) is 2.28. The van der Waals surface area contributed by atoms with E-state index in [1.54, 1.807) is 0 Å². The number of ketones is 2. The minimum Gasteiger partial charge on any atom is -0.396 e. The molecule has 16 heavy (non-hydrogen) atoms. The van der Waals surface area contributed by atoms with Gasteiger partial charge in [0.2, 0.25) is 0 Å². The Morgan fingerprint density at radius 3 is 1.56 bits per heavy atom. The second-order valence-corrected chi connectivity index (χ2v) is 5.16. The van der Waals surface area contributed by atoms with Gasteiger partial charge in [-0.15, -0.1) is 23.5 Å². The number of aliphatic hydroxyl groups is 2. The molecule has 0 aromatic carbocycles. The van der Waals surface area contributed by atoms with Crippen molar-refractivity contribution in [3.8, 4) is 0 Å². The molecular formula is C10H12O4S2. The molecule has 1 rings (SSSR count). The summed E-state index contributed by atoms with van der Waals surface area (Å²) in [7, 11) is 0. The van der Waals surface area contributed by atoms with Crippen LogP contribution in [-0.2, 0) is 9.59 Å². The third-order valence-electron chi connectivity index (χ3n) is 1.71. The maximum atomic E-state index is 11.5. The molecule has 2 N–H and O–H groups in total. The highest BCUT2D eigenvalue weighted by atomic mass is 32.2. The lowest BCUT2D eigenvalue weighted by Gasteiger charge is -2.10. The van der Waals surface area contributed by atoms with E-state index in [0.29, 0.717) is 21.3 Å². The highest BCUT2D eigenvalue weighted by molar-refractivity contribution is 8.04. The van der Waals surface area contributed by atoms with Crippen molar-refractivity contribution in [3.63, 3.8) is 0 Å². The molecule has 0 radical (unpaired) electrons. The van der Waals surface area contributed by atoms with E-state index in [1.165, 1.54) is 35.7 Å². The molecule has 0 saturated heterocycles. The van der Waals surface area contributed by atoms with Crippen LogP contribution in [0.15, 0.2) is 22.0 Å². The molecule has 0 saturated carbocycles. The molecule has 1 aliphatic rings. The van der Waals surface area contributed by atoms with Crippen molar-refractivity contribution in [2.24, 2.45) is 0 Å². The topological polar surface area (TPSA) is 74.6 Å². The van der Waals surface area contributed by atoms with E-state index in [0.717, 1.165) is 0 Å². The van der Waals surface area contributed by atoms with Crippen LogP contribution in [0.4, 0.5) is 0 Å². The van der Waals surface area contributed by atoms with Crippen molar-refractivity contribution in [2.75, 3.05) is 24.7 Å². The molecule has 0 aromatic rings. The van der Waals surface area contributed by atoms with E-state index >= 15 is 0 Å². The molecule has 0 heterocycles. The second-order valence-electron chi connectivity index (χ2n) is 2.89. The predicted molar refractivity (Wildman–Crippen MR) is 65.3 cm³/mol. The standard InChI is InChI=1S/C10H12O4S2/c11-1-3-15-9-5-8(14)10(6-7(9)13)16-4-2-12/h5-6,11-12H,1-4H2. The lowest BCUT2D eigenvalue weighted by Crippen LogP contribution is -2.11. The van der Waals surface area contributed by atoms with Gasteiger partial charge in [0.25, 0.3) is 0 Å². The minimum absolute atomic E-state index is 0.0285. The van der Waals surface area contributed by atoms with E-state index < -0.39 is 0 Å². The molecule has 0 aromatic heterocycles. The molecule has 4 nitrogen and oxygen atoms in total. The zero-order valence-electron chi connectivity index (χ0n) is 8.51. The summed E-state index contributed by atoms with van der Waals surface area (Å²) in [6, 6.07) is 0. The number of thioether (sulfide) groups is 2. The van der Waals surface area contributed by atoms with Crippen LogP contribution in [0.1, 0.15) is 0 Å². The molecule has 0 fully saturated rings. The van der Waals surface area contributed by atoms with Crippen LogP contribution in [0.3, 0.4) is 0 Å². The summed E-state index contributed by atoms with van der Waals surface area (Å²) in [5.41, 5.74) is 0. The Balaban J connectivity index is 2.64. The van der Waals surface area contributed by atoms with Gasteiger partial charge in [0.05, 0.1) is 23.0 Å². The maximum absolute atomic E-state index is 11.5. The van der Waals surface area contributed by atoms with Crippen LogP contribution in [0, 0.1) is 0 Å². The summed E-state index contributed by atoms with van der Waals surface area (Å²) >= 11 is 2.35. The monoisotopic (exact) mass is 260 g/mol. The van der Waals surface area contributed by atoms with E-state index in [9.17, 15) is 9.59 Å². The fourth-order valence-corrected chi connectivity index (χ4v) is 2.46. The summed E-state index contributed by atoms with van der Waals surface area (Å²) < 4.78 is 0. The Bertz CT molecular complexity index is 313. The zero-order valence-corrected chi connectivity index (χ0v) is 10.1. The average molecular weight is 260 g/mol. The number of hydrogen-bond donors (Lipinski definition) is 2. The highest BCUT2D eigenvalue weighted by Crippen LogP contribution is 2.27. The Hall–Kier alpha value is -0.560. The molecule has 0 unspecified atom stereocenters. The Labute approximate surface area is 102 Å². The number of hydrogen-bond acceptors (Lipinski definition) is 6. The Morgan fingerprint density at radius 1 is 0.875 bits per heavy atom. The van der Waals surface area contributed by atoms with E-state index in [1.807, 2.05) is 0 Å². The van der Waals surface area contributed by atoms with E-state index in [4.69, 9.17) is 10.2 Å². The van der Waals surface area contributed by atoms with Gasteiger partial charge in [-0.3, -0.25) is 9.59 Å². The van der Waals surface area contributed by atoms with Gasteiger partial charge < -0.3 is 10.2 Å². The lowest BCUT2D eigenvalue weighted by molar-refractivity contribution is -0.114. The van der Waals surface area contributed by atoms with Crippen LogP contribution in [0.2, 0.25) is 0 Å². The first-order valence-corrected chi connectivity index (χ1v) is 6.65. The molecule has 0 amide bonds. The molecule has 88 valence electrons. The maximum Gasteiger partial charge on any atom is 0.193 e. The summed E-state index contributed by atoms with van der Waals surface area (Å²) in [5, 5.41) is 17.3. The van der Waals surface area contributed by atoms with Gasteiger partial charge in [-0.1, -0.05) is 0 Å². The van der Waals surface area contributed by atoms with Crippen LogP contribution >= 0.6 is 23.5 Å². The van der Waals surface area contributed by atoms with Crippen molar-refractivity contribution < 1.29 is 19.8 Å². The summed E-state index contributed by atoms with van der Waals surface area (Å²) in [4.78, 5) is 23.8. The Morgan fingerprint density at radius 2 is 1.25 bits per heavy atom. The molecule has 0 spiro atoms. The summed E-state index contributed by atoms with van der Waals surface area (Å²) in [5.74, 6) is 0.382. The Kier molecular flexibility index (Phi) is 5.83. The third kappa shape index (κ3) is 3.79. The molecule has 0 atom stereocenters. The van der Waals surface area contributed by atoms with Gasteiger partial charge in [-0.25, -0.2) is 0 Å². The SMILES string of the molecule is O=C1C=C(SCCO)C(=O)C=C1SCCO. The highest BCUT2D eigenvalue weighted by Gasteiger charge is 2.20. The second kappa shape index (κ2) is 6.90. The van der Waals surface area contributed by atoms with E-state index in [-0.39, 0.29) is 24.8 Å². The number of allylic oxidation sites excluding steroid dienone is 4. The van der Waals surface area contributed by atoms with Crippen LogP contribution in [0.25, 0.3) is 0 Å². The van der Waals surface area contributed by atoms with Crippen molar-refractivity contribution in [1.29, 1.82) is 0 Å². The third-order valence-corrected chi connectivity index (χ3v) is 3.74. The van der Waals surface area contributed by atoms with Gasteiger partial charge in [0.1, 0.15) is 0 Å². The van der Waals surface area contributed by atoms with Crippen LogP contribution in [0.5, 0.6) is 0 Å². The largest absolute Gasteiger partial charge is 0.396 e. The summed E-state index contributed by atoms with van der Waals surface area (Å²) in [6.45, 7) is -0.0569. The lowest BCUT2D eigenvalue weighted by atomic mass is 10.2. The van der Waals surface area contributed by atoms with Crippen LogP contribution in [-0.4, -0.2) is 46.5 Å². The molecule has 0 bridgehead atoms. The number of carbonyl (C=O) groups excluding carboxylic acids is 2. The number of aliphatic hydroxyl groups excluding tert-OH is 2. The van der Waals surface area contributed by atoms with Crippen molar-refractivity contribution >= 4 is 35.1 Å². The zero-order chi connectivity index (χ0) is 12.0. The minimum atomic E-state index is -0.210. The van der Waals surface area contributed by atoms with Crippen LogP contribution < -0.4 is 0 Å². The number of carbonyl (C=O) groups is 2. The quantitative estimate of drug-likeness (QED) is 0.672. The number of rotatable bonds is 6. The fourth-order valence-electron chi connectivity index (χ4n) is 1.06. The van der Waals surface area contributed by atoms with E-state index in [2.05, 4.69) is 0 Å². The molecule has 6 heteroatoms.